The van der Waals surface area contributed by atoms with Crippen LogP contribution in [0.15, 0.2) is 54.6 Å². The van der Waals surface area contributed by atoms with Crippen molar-refractivity contribution in [3.05, 3.63) is 60.2 Å². The molecule has 0 radical (unpaired) electrons. The number of nitrogens with one attached hydrogen (secondary N) is 2. The first-order chi connectivity index (χ1) is 12.3. The van der Waals surface area contributed by atoms with Gasteiger partial charge in [-0.25, -0.2) is 8.42 Å². The van der Waals surface area contributed by atoms with E-state index in [2.05, 4.69) is 10.6 Å². The molecular weight excluding hydrogens is 354 g/mol. The molecule has 138 valence electrons. The molecule has 0 aromatic heterocycles. The van der Waals surface area contributed by atoms with Crippen LogP contribution in [-0.4, -0.2) is 33.0 Å². The number of rotatable bonds is 7. The molecule has 2 N–H and O–H groups in total. The molecular formula is C18H21N3O4S. The maximum atomic E-state index is 12.2. The molecule has 8 heteroatoms. The second-order valence-corrected chi connectivity index (χ2v) is 7.67. The molecule has 0 aliphatic rings. The van der Waals surface area contributed by atoms with Crippen LogP contribution in [0.1, 0.15) is 12.5 Å². The Labute approximate surface area is 153 Å². The van der Waals surface area contributed by atoms with Gasteiger partial charge >= 0.3 is 0 Å². The summed E-state index contributed by atoms with van der Waals surface area (Å²) in [5.74, 6) is -0.696. The van der Waals surface area contributed by atoms with Crippen molar-refractivity contribution in [2.24, 2.45) is 0 Å². The van der Waals surface area contributed by atoms with Gasteiger partial charge in [0.2, 0.25) is 21.8 Å². The van der Waals surface area contributed by atoms with E-state index in [-0.39, 0.29) is 12.5 Å². The van der Waals surface area contributed by atoms with Crippen molar-refractivity contribution in [3.8, 4) is 0 Å². The highest BCUT2D eigenvalue weighted by atomic mass is 32.2. The number of sulfonamides is 1. The molecule has 0 spiro atoms. The average molecular weight is 375 g/mol. The van der Waals surface area contributed by atoms with Crippen molar-refractivity contribution >= 4 is 33.2 Å². The van der Waals surface area contributed by atoms with E-state index < -0.39 is 15.9 Å². The zero-order valence-electron chi connectivity index (χ0n) is 14.6. The molecule has 26 heavy (non-hydrogen) atoms. The molecule has 0 saturated heterocycles. The monoisotopic (exact) mass is 375 g/mol. The molecule has 2 amide bonds. The summed E-state index contributed by atoms with van der Waals surface area (Å²) in [4.78, 5) is 23.4. The molecule has 0 unspecified atom stereocenters. The summed E-state index contributed by atoms with van der Waals surface area (Å²) in [7, 11) is -3.68. The van der Waals surface area contributed by atoms with Crippen LogP contribution < -0.4 is 14.9 Å². The smallest absolute Gasteiger partial charge is 0.241 e. The van der Waals surface area contributed by atoms with Gasteiger partial charge in [0, 0.05) is 19.2 Å². The lowest BCUT2D eigenvalue weighted by molar-refractivity contribution is -0.119. The first-order valence-corrected chi connectivity index (χ1v) is 9.76. The first kappa shape index (κ1) is 19.5. The second-order valence-electron chi connectivity index (χ2n) is 5.76. The Hall–Kier alpha value is -2.87. The van der Waals surface area contributed by atoms with Crippen molar-refractivity contribution < 1.29 is 18.0 Å². The molecule has 0 atom stereocenters. The van der Waals surface area contributed by atoms with Gasteiger partial charge in [-0.1, -0.05) is 36.4 Å². The fourth-order valence-corrected chi connectivity index (χ4v) is 3.17. The van der Waals surface area contributed by atoms with Crippen molar-refractivity contribution in [3.63, 3.8) is 0 Å². The van der Waals surface area contributed by atoms with E-state index in [1.807, 2.05) is 30.3 Å². The first-order valence-electron chi connectivity index (χ1n) is 7.91. The fourth-order valence-electron chi connectivity index (χ4n) is 2.32. The van der Waals surface area contributed by atoms with Gasteiger partial charge in [0.25, 0.3) is 0 Å². The normalized spacial score (nSPS) is 10.8. The zero-order chi connectivity index (χ0) is 19.2. The van der Waals surface area contributed by atoms with Gasteiger partial charge in [0.15, 0.2) is 0 Å². The van der Waals surface area contributed by atoms with Crippen molar-refractivity contribution in [2.45, 2.75) is 13.5 Å². The Morgan fingerprint density at radius 1 is 1.04 bits per heavy atom. The van der Waals surface area contributed by atoms with Crippen LogP contribution in [0.4, 0.5) is 11.4 Å². The van der Waals surface area contributed by atoms with E-state index >= 15 is 0 Å². The topological polar surface area (TPSA) is 95.6 Å². The third-order valence-corrected chi connectivity index (χ3v) is 4.62. The highest BCUT2D eigenvalue weighted by Gasteiger charge is 2.21. The number of anilines is 2. The van der Waals surface area contributed by atoms with Crippen LogP contribution in [0.2, 0.25) is 0 Å². The maximum Gasteiger partial charge on any atom is 0.241 e. The van der Waals surface area contributed by atoms with Gasteiger partial charge in [-0.15, -0.1) is 0 Å². The second kappa shape index (κ2) is 8.48. The minimum Gasteiger partial charge on any atom is -0.350 e. The van der Waals surface area contributed by atoms with Gasteiger partial charge in [0.1, 0.15) is 6.54 Å². The summed E-state index contributed by atoms with van der Waals surface area (Å²) in [6, 6.07) is 15.6. The lowest BCUT2D eigenvalue weighted by atomic mass is 10.2. The van der Waals surface area contributed by atoms with Gasteiger partial charge in [-0.05, 0) is 23.8 Å². The standard InChI is InChI=1S/C18H21N3O4S/c1-14(22)20-16-9-6-10-17(11-16)21(26(2,24)25)13-18(23)19-12-15-7-4-3-5-8-15/h3-11H,12-13H2,1-2H3,(H,19,23)(H,20,22). The van der Waals surface area contributed by atoms with Crippen LogP contribution in [0, 0.1) is 0 Å². The molecule has 2 aromatic rings. The Morgan fingerprint density at radius 3 is 2.35 bits per heavy atom. The van der Waals surface area contributed by atoms with Crippen LogP contribution in [0.5, 0.6) is 0 Å². The minimum absolute atomic E-state index is 0.270. The maximum absolute atomic E-state index is 12.2. The minimum atomic E-state index is -3.68. The largest absolute Gasteiger partial charge is 0.350 e. The zero-order valence-corrected chi connectivity index (χ0v) is 15.4. The third-order valence-electron chi connectivity index (χ3n) is 3.47. The average Bonchev–Trinajstić information content (AvgIpc) is 2.57. The summed E-state index contributed by atoms with van der Waals surface area (Å²) in [5.41, 5.74) is 1.67. The number of nitrogens with zero attached hydrogens (tertiary/aromatic N) is 1. The van der Waals surface area contributed by atoms with Gasteiger partial charge < -0.3 is 10.6 Å². The van der Waals surface area contributed by atoms with E-state index in [1.165, 1.54) is 13.0 Å². The van der Waals surface area contributed by atoms with Crippen LogP contribution in [-0.2, 0) is 26.2 Å². The van der Waals surface area contributed by atoms with Crippen LogP contribution in [0.3, 0.4) is 0 Å². The molecule has 2 aromatic carbocycles. The molecule has 0 aliphatic heterocycles. The molecule has 0 aliphatic carbocycles. The molecule has 0 heterocycles. The molecule has 2 rings (SSSR count). The van der Waals surface area contributed by atoms with E-state index in [0.29, 0.717) is 17.9 Å². The van der Waals surface area contributed by atoms with Crippen molar-refractivity contribution in [2.75, 3.05) is 22.4 Å². The highest BCUT2D eigenvalue weighted by Crippen LogP contribution is 2.21. The van der Waals surface area contributed by atoms with E-state index in [1.54, 1.807) is 18.2 Å². The summed E-state index contributed by atoms with van der Waals surface area (Å²) >= 11 is 0. The lowest BCUT2D eigenvalue weighted by Gasteiger charge is -2.22. The number of hydrogen-bond donors (Lipinski definition) is 2. The number of hydrogen-bond acceptors (Lipinski definition) is 4. The highest BCUT2D eigenvalue weighted by molar-refractivity contribution is 7.92. The Kier molecular flexibility index (Phi) is 6.35. The quantitative estimate of drug-likeness (QED) is 0.770. The molecule has 7 nitrogen and oxygen atoms in total. The van der Waals surface area contributed by atoms with Crippen LogP contribution >= 0.6 is 0 Å². The Morgan fingerprint density at radius 2 is 1.73 bits per heavy atom. The summed E-state index contributed by atoms with van der Waals surface area (Å²) in [6.07, 6.45) is 1.03. The predicted octanol–water partition coefficient (Wildman–Crippen LogP) is 1.73. The van der Waals surface area contributed by atoms with Gasteiger partial charge in [0.05, 0.1) is 11.9 Å². The molecule has 0 saturated carbocycles. The summed E-state index contributed by atoms with van der Waals surface area (Å²) < 4.78 is 25.3. The van der Waals surface area contributed by atoms with E-state index in [9.17, 15) is 18.0 Å². The lowest BCUT2D eigenvalue weighted by Crippen LogP contribution is -2.40. The van der Waals surface area contributed by atoms with E-state index in [0.717, 1.165) is 16.1 Å². The molecule has 0 fully saturated rings. The number of carbonyl (C=O) groups is 2. The van der Waals surface area contributed by atoms with Gasteiger partial charge in [-0.2, -0.15) is 0 Å². The third kappa shape index (κ3) is 5.89. The molecule has 0 bridgehead atoms. The Balaban J connectivity index is 2.13. The Bertz CT molecular complexity index is 882. The van der Waals surface area contributed by atoms with Crippen molar-refractivity contribution in [1.82, 2.24) is 5.32 Å². The van der Waals surface area contributed by atoms with E-state index in [4.69, 9.17) is 0 Å². The number of benzene rings is 2. The van der Waals surface area contributed by atoms with Crippen LogP contribution in [0.25, 0.3) is 0 Å². The van der Waals surface area contributed by atoms with Gasteiger partial charge in [-0.3, -0.25) is 13.9 Å². The van der Waals surface area contributed by atoms with Crippen molar-refractivity contribution in [1.29, 1.82) is 0 Å². The number of carbonyl (C=O) groups excluding carboxylic acids is 2. The summed E-state index contributed by atoms with van der Waals surface area (Å²) in [6.45, 7) is 1.32. The summed E-state index contributed by atoms with van der Waals surface area (Å²) in [5, 5.41) is 5.29. The SMILES string of the molecule is CC(=O)Nc1cccc(N(CC(=O)NCc2ccccc2)S(C)(=O)=O)c1. The fraction of sp³-hybridized carbons (Fsp3) is 0.222. The predicted molar refractivity (Wildman–Crippen MR) is 101 cm³/mol. The number of amides is 2.